The molecule has 1 saturated heterocycles. The first kappa shape index (κ1) is 11.3. The number of nitrogens with zero attached hydrogens (tertiary/aromatic N) is 3. The highest BCUT2D eigenvalue weighted by atomic mass is 19.1. The standard InChI is InChI=1S/C12H11F2N3O/c1-8-12(18-8,5-17-7-15-6-16-17)10-3-2-9(13)4-11(10)14/h2-4,6-8H,5H2,1H3/t8-,12-/m0/s1. The van der Waals surface area contributed by atoms with Crippen molar-refractivity contribution in [3.63, 3.8) is 0 Å². The second kappa shape index (κ2) is 3.84. The molecule has 1 fully saturated rings. The minimum Gasteiger partial charge on any atom is -0.359 e. The Bertz CT molecular complexity index is 573. The Balaban J connectivity index is 1.97. The van der Waals surface area contributed by atoms with Crippen molar-refractivity contribution >= 4 is 0 Å². The van der Waals surface area contributed by atoms with Crippen LogP contribution in [0.3, 0.4) is 0 Å². The molecule has 2 aromatic rings. The summed E-state index contributed by atoms with van der Waals surface area (Å²) in [5.74, 6) is -1.19. The molecular weight excluding hydrogens is 240 g/mol. The Morgan fingerprint density at radius 3 is 2.78 bits per heavy atom. The fourth-order valence-electron chi connectivity index (χ4n) is 2.20. The predicted octanol–water partition coefficient (Wildman–Crippen LogP) is 1.87. The molecule has 0 unspecified atom stereocenters. The van der Waals surface area contributed by atoms with E-state index < -0.39 is 17.2 Å². The monoisotopic (exact) mass is 251 g/mol. The normalized spacial score (nSPS) is 26.3. The van der Waals surface area contributed by atoms with E-state index in [-0.39, 0.29) is 6.10 Å². The molecule has 1 aromatic carbocycles. The van der Waals surface area contributed by atoms with Crippen molar-refractivity contribution < 1.29 is 13.5 Å². The summed E-state index contributed by atoms with van der Waals surface area (Å²) in [5.41, 5.74) is -0.419. The molecule has 1 aliphatic rings. The summed E-state index contributed by atoms with van der Waals surface area (Å²) in [5, 5.41) is 3.98. The van der Waals surface area contributed by atoms with Gasteiger partial charge in [0.1, 0.15) is 29.9 Å². The maximum Gasteiger partial charge on any atom is 0.142 e. The summed E-state index contributed by atoms with van der Waals surface area (Å²) in [7, 11) is 0. The first-order valence-corrected chi connectivity index (χ1v) is 5.57. The third-order valence-corrected chi connectivity index (χ3v) is 3.24. The van der Waals surface area contributed by atoms with Crippen LogP contribution in [0.1, 0.15) is 12.5 Å². The minimum absolute atomic E-state index is 0.137. The fraction of sp³-hybridized carbons (Fsp3) is 0.333. The number of benzene rings is 1. The van der Waals surface area contributed by atoms with Crippen molar-refractivity contribution in [3.05, 3.63) is 48.1 Å². The lowest BCUT2D eigenvalue weighted by molar-refractivity contribution is 0.257. The Morgan fingerprint density at radius 1 is 1.44 bits per heavy atom. The second-order valence-corrected chi connectivity index (χ2v) is 4.37. The molecule has 94 valence electrons. The van der Waals surface area contributed by atoms with Crippen LogP contribution in [-0.4, -0.2) is 20.9 Å². The number of aromatic nitrogens is 3. The number of halogens is 2. The summed E-state index contributed by atoms with van der Waals surface area (Å²) in [6.45, 7) is 2.20. The third kappa shape index (κ3) is 1.69. The lowest BCUT2D eigenvalue weighted by atomic mass is 9.95. The molecular formula is C12H11F2N3O. The van der Waals surface area contributed by atoms with Crippen molar-refractivity contribution in [1.82, 2.24) is 14.8 Å². The number of hydrogen-bond acceptors (Lipinski definition) is 3. The van der Waals surface area contributed by atoms with Crippen molar-refractivity contribution in [2.75, 3.05) is 0 Å². The van der Waals surface area contributed by atoms with Gasteiger partial charge in [-0.15, -0.1) is 0 Å². The average Bonchev–Trinajstić information content (AvgIpc) is 2.75. The fourth-order valence-corrected chi connectivity index (χ4v) is 2.20. The van der Waals surface area contributed by atoms with Gasteiger partial charge in [0.25, 0.3) is 0 Å². The molecule has 2 heterocycles. The van der Waals surface area contributed by atoms with Gasteiger partial charge in [-0.25, -0.2) is 18.4 Å². The van der Waals surface area contributed by atoms with Crippen LogP contribution in [-0.2, 0) is 16.9 Å². The maximum absolute atomic E-state index is 13.8. The molecule has 4 nitrogen and oxygen atoms in total. The molecule has 1 aliphatic heterocycles. The highest BCUT2D eigenvalue weighted by Gasteiger charge is 2.56. The number of ether oxygens (including phenoxy) is 1. The van der Waals surface area contributed by atoms with Gasteiger partial charge in [0.2, 0.25) is 0 Å². The Labute approximate surface area is 102 Å². The summed E-state index contributed by atoms with van der Waals surface area (Å²) < 4.78 is 33.9. The van der Waals surface area contributed by atoms with E-state index in [1.54, 1.807) is 4.68 Å². The van der Waals surface area contributed by atoms with Gasteiger partial charge in [0.15, 0.2) is 0 Å². The Kier molecular flexibility index (Phi) is 2.41. The average molecular weight is 251 g/mol. The van der Waals surface area contributed by atoms with Gasteiger partial charge < -0.3 is 4.74 Å². The van der Waals surface area contributed by atoms with Crippen molar-refractivity contribution in [2.45, 2.75) is 25.2 Å². The largest absolute Gasteiger partial charge is 0.359 e. The first-order valence-electron chi connectivity index (χ1n) is 5.57. The third-order valence-electron chi connectivity index (χ3n) is 3.24. The van der Waals surface area contributed by atoms with Gasteiger partial charge in [0.05, 0.1) is 12.6 Å². The quantitative estimate of drug-likeness (QED) is 0.782. The molecule has 0 spiro atoms. The van der Waals surface area contributed by atoms with E-state index in [0.717, 1.165) is 6.07 Å². The van der Waals surface area contributed by atoms with Crippen molar-refractivity contribution in [2.24, 2.45) is 0 Å². The molecule has 0 amide bonds. The minimum atomic E-state index is -0.772. The predicted molar refractivity (Wildman–Crippen MR) is 58.6 cm³/mol. The van der Waals surface area contributed by atoms with Gasteiger partial charge in [-0.05, 0) is 13.0 Å². The second-order valence-electron chi connectivity index (χ2n) is 4.37. The van der Waals surface area contributed by atoms with E-state index in [1.807, 2.05) is 6.92 Å². The number of hydrogen-bond donors (Lipinski definition) is 0. The van der Waals surface area contributed by atoms with E-state index >= 15 is 0 Å². The number of epoxide rings is 1. The summed E-state index contributed by atoms with van der Waals surface area (Å²) in [4.78, 5) is 3.83. The van der Waals surface area contributed by atoms with Crippen LogP contribution in [0.25, 0.3) is 0 Å². The Hall–Kier alpha value is -1.82. The zero-order valence-electron chi connectivity index (χ0n) is 9.68. The Morgan fingerprint density at radius 2 is 2.22 bits per heavy atom. The molecule has 3 rings (SSSR count). The highest BCUT2D eigenvalue weighted by Crippen LogP contribution is 2.48. The summed E-state index contributed by atoms with van der Waals surface area (Å²) in [6.07, 6.45) is 2.81. The molecule has 2 atom stereocenters. The molecule has 0 aliphatic carbocycles. The van der Waals surface area contributed by atoms with Crippen LogP contribution in [0.4, 0.5) is 8.78 Å². The van der Waals surface area contributed by atoms with E-state index in [0.29, 0.717) is 12.1 Å². The van der Waals surface area contributed by atoms with Gasteiger partial charge in [0, 0.05) is 11.6 Å². The lowest BCUT2D eigenvalue weighted by Gasteiger charge is -2.13. The van der Waals surface area contributed by atoms with Gasteiger partial charge in [-0.1, -0.05) is 6.07 Å². The van der Waals surface area contributed by atoms with Gasteiger partial charge in [-0.3, -0.25) is 0 Å². The SMILES string of the molecule is C[C@@H]1O[C@]1(Cn1cncn1)c1ccc(F)cc1F. The molecule has 0 N–H and O–H groups in total. The van der Waals surface area contributed by atoms with Crippen LogP contribution in [0.5, 0.6) is 0 Å². The van der Waals surface area contributed by atoms with Crippen LogP contribution in [0, 0.1) is 11.6 Å². The molecule has 6 heteroatoms. The van der Waals surface area contributed by atoms with Gasteiger partial charge in [-0.2, -0.15) is 5.10 Å². The zero-order valence-corrected chi connectivity index (χ0v) is 9.68. The molecule has 0 radical (unpaired) electrons. The molecule has 18 heavy (non-hydrogen) atoms. The smallest absolute Gasteiger partial charge is 0.142 e. The number of rotatable bonds is 3. The highest BCUT2D eigenvalue weighted by molar-refractivity contribution is 5.30. The summed E-state index contributed by atoms with van der Waals surface area (Å²) >= 11 is 0. The molecule has 0 bridgehead atoms. The lowest BCUT2D eigenvalue weighted by Crippen LogP contribution is -2.22. The van der Waals surface area contributed by atoms with Crippen molar-refractivity contribution in [1.29, 1.82) is 0 Å². The molecule has 1 aromatic heterocycles. The van der Waals surface area contributed by atoms with E-state index in [4.69, 9.17) is 4.74 Å². The van der Waals surface area contributed by atoms with Crippen LogP contribution in [0.2, 0.25) is 0 Å². The van der Waals surface area contributed by atoms with Crippen molar-refractivity contribution in [3.8, 4) is 0 Å². The van der Waals surface area contributed by atoms with Crippen LogP contribution >= 0.6 is 0 Å². The van der Waals surface area contributed by atoms with Crippen LogP contribution in [0.15, 0.2) is 30.9 Å². The van der Waals surface area contributed by atoms with E-state index in [1.165, 1.54) is 24.8 Å². The first-order chi connectivity index (χ1) is 8.62. The van der Waals surface area contributed by atoms with E-state index in [2.05, 4.69) is 10.1 Å². The van der Waals surface area contributed by atoms with Crippen LogP contribution < -0.4 is 0 Å². The zero-order chi connectivity index (χ0) is 12.8. The summed E-state index contributed by atoms with van der Waals surface area (Å²) in [6, 6.07) is 3.52. The molecule has 0 saturated carbocycles. The van der Waals surface area contributed by atoms with Gasteiger partial charge >= 0.3 is 0 Å². The topological polar surface area (TPSA) is 43.2 Å². The maximum atomic E-state index is 13.8. The van der Waals surface area contributed by atoms with E-state index in [9.17, 15) is 8.78 Å².